The molecule has 0 unspecified atom stereocenters. The number of carbonyl (C=O) groups excluding carboxylic acids is 1. The molecule has 0 spiro atoms. The molecule has 1 saturated heterocycles. The molecule has 1 aliphatic rings. The lowest BCUT2D eigenvalue weighted by Gasteiger charge is -2.27. The Morgan fingerprint density at radius 3 is 2.54 bits per heavy atom. The lowest BCUT2D eigenvalue weighted by Crippen LogP contribution is -2.43. The van der Waals surface area contributed by atoms with Crippen LogP contribution >= 0.6 is 0 Å². The van der Waals surface area contributed by atoms with Crippen molar-refractivity contribution < 1.29 is 27.1 Å². The van der Waals surface area contributed by atoms with E-state index in [1.807, 2.05) is 0 Å². The molecule has 2 heterocycles. The van der Waals surface area contributed by atoms with E-state index in [1.165, 1.54) is 11.2 Å². The summed E-state index contributed by atoms with van der Waals surface area (Å²) in [6, 6.07) is 10.0. The lowest BCUT2D eigenvalue weighted by molar-refractivity contribution is -0.136. The van der Waals surface area contributed by atoms with E-state index in [-0.39, 0.29) is 36.6 Å². The van der Waals surface area contributed by atoms with Crippen LogP contribution in [-0.2, 0) is 21.2 Å². The molecule has 1 atom stereocenters. The van der Waals surface area contributed by atoms with Crippen molar-refractivity contribution in [3.8, 4) is 11.5 Å². The van der Waals surface area contributed by atoms with Gasteiger partial charge in [-0.15, -0.1) is 0 Å². The molecule has 140 valence electrons. The molecule has 3 rings (SSSR count). The van der Waals surface area contributed by atoms with Crippen LogP contribution in [0.1, 0.15) is 12.2 Å². The van der Waals surface area contributed by atoms with Gasteiger partial charge in [0, 0.05) is 6.04 Å². The monoisotopic (exact) mass is 379 g/mol. The predicted molar refractivity (Wildman–Crippen MR) is 94.8 cm³/mol. The van der Waals surface area contributed by atoms with E-state index in [4.69, 9.17) is 13.9 Å². The van der Waals surface area contributed by atoms with Gasteiger partial charge in [-0.05, 0) is 42.8 Å². The first-order valence-electron chi connectivity index (χ1n) is 8.26. The maximum Gasteiger partial charge on any atom is 0.261 e. The summed E-state index contributed by atoms with van der Waals surface area (Å²) in [7, 11) is -1.54. The van der Waals surface area contributed by atoms with Gasteiger partial charge < -0.3 is 18.8 Å². The van der Waals surface area contributed by atoms with Crippen molar-refractivity contribution in [1.29, 1.82) is 0 Å². The Hall–Kier alpha value is -2.48. The summed E-state index contributed by atoms with van der Waals surface area (Å²) in [5.74, 6) is 1.63. The zero-order valence-electron chi connectivity index (χ0n) is 14.5. The van der Waals surface area contributed by atoms with E-state index < -0.39 is 9.84 Å². The highest BCUT2D eigenvalue weighted by molar-refractivity contribution is 7.91. The third-order valence-corrected chi connectivity index (χ3v) is 6.05. The Kier molecular flexibility index (Phi) is 5.51. The van der Waals surface area contributed by atoms with Crippen LogP contribution in [0.5, 0.6) is 11.5 Å². The van der Waals surface area contributed by atoms with Crippen molar-refractivity contribution >= 4 is 15.7 Å². The Balaban J connectivity index is 1.67. The van der Waals surface area contributed by atoms with E-state index in [1.54, 1.807) is 43.5 Å². The number of amides is 1. The lowest BCUT2D eigenvalue weighted by atomic mass is 10.2. The molecular weight excluding hydrogens is 358 g/mol. The second-order valence-corrected chi connectivity index (χ2v) is 8.35. The molecule has 0 bridgehead atoms. The zero-order chi connectivity index (χ0) is 18.6. The fourth-order valence-electron chi connectivity index (χ4n) is 2.91. The Morgan fingerprint density at radius 2 is 1.96 bits per heavy atom. The summed E-state index contributed by atoms with van der Waals surface area (Å²) < 4.78 is 39.6. The molecule has 1 amide bonds. The number of rotatable bonds is 7. The van der Waals surface area contributed by atoms with E-state index in [2.05, 4.69) is 0 Å². The molecule has 1 fully saturated rings. The van der Waals surface area contributed by atoms with Crippen molar-refractivity contribution in [1.82, 2.24) is 4.90 Å². The first kappa shape index (κ1) is 18.3. The van der Waals surface area contributed by atoms with Crippen LogP contribution < -0.4 is 9.47 Å². The summed E-state index contributed by atoms with van der Waals surface area (Å²) in [5.41, 5.74) is 0. The highest BCUT2D eigenvalue weighted by Crippen LogP contribution is 2.21. The first-order chi connectivity index (χ1) is 12.5. The number of nitrogens with zero attached hydrogens (tertiary/aromatic N) is 1. The van der Waals surface area contributed by atoms with Crippen LogP contribution in [-0.4, -0.2) is 50.5 Å². The minimum atomic E-state index is -3.11. The maximum atomic E-state index is 12.7. The van der Waals surface area contributed by atoms with E-state index in [0.29, 0.717) is 23.7 Å². The van der Waals surface area contributed by atoms with Gasteiger partial charge in [0.25, 0.3) is 5.91 Å². The highest BCUT2D eigenvalue weighted by Gasteiger charge is 2.35. The summed E-state index contributed by atoms with van der Waals surface area (Å²) in [4.78, 5) is 14.2. The zero-order valence-corrected chi connectivity index (χ0v) is 15.3. The second kappa shape index (κ2) is 7.82. The van der Waals surface area contributed by atoms with Crippen molar-refractivity contribution in [2.24, 2.45) is 0 Å². The largest absolute Gasteiger partial charge is 0.497 e. The van der Waals surface area contributed by atoms with Crippen LogP contribution in [0.3, 0.4) is 0 Å². The molecule has 26 heavy (non-hydrogen) atoms. The second-order valence-electron chi connectivity index (χ2n) is 6.12. The van der Waals surface area contributed by atoms with E-state index in [9.17, 15) is 13.2 Å². The summed E-state index contributed by atoms with van der Waals surface area (Å²) in [5, 5.41) is 0. The normalized spacial score (nSPS) is 18.4. The van der Waals surface area contributed by atoms with Gasteiger partial charge in [0.15, 0.2) is 16.4 Å². The number of furan rings is 1. The van der Waals surface area contributed by atoms with Gasteiger partial charge in [0.2, 0.25) is 0 Å². The standard InChI is InChI=1S/C18H21NO6S/c1-23-15-4-6-16(7-5-15)25-12-18(20)19(11-17-3-2-9-24-17)14-8-10-26(21,22)13-14/h2-7,9,14H,8,10-13H2,1H3/t14-/m1/s1. The van der Waals surface area contributed by atoms with Crippen LogP contribution in [0.4, 0.5) is 0 Å². The van der Waals surface area contributed by atoms with E-state index in [0.717, 1.165) is 0 Å². The minimum Gasteiger partial charge on any atom is -0.497 e. The van der Waals surface area contributed by atoms with Crippen molar-refractivity contribution in [3.05, 3.63) is 48.4 Å². The molecule has 1 aromatic heterocycles. The fraction of sp³-hybridized carbons (Fsp3) is 0.389. The SMILES string of the molecule is COc1ccc(OCC(=O)N(Cc2ccco2)[C@@H]2CCS(=O)(=O)C2)cc1. The molecule has 0 N–H and O–H groups in total. The van der Waals surface area contributed by atoms with Gasteiger partial charge in [-0.3, -0.25) is 4.79 Å². The van der Waals surface area contributed by atoms with Crippen molar-refractivity contribution in [2.75, 3.05) is 25.2 Å². The first-order valence-corrected chi connectivity index (χ1v) is 10.1. The van der Waals surface area contributed by atoms with Crippen LogP contribution in [0.15, 0.2) is 47.1 Å². The van der Waals surface area contributed by atoms with Gasteiger partial charge in [-0.25, -0.2) is 8.42 Å². The molecule has 1 aliphatic heterocycles. The third-order valence-electron chi connectivity index (χ3n) is 4.30. The molecule has 8 heteroatoms. The molecule has 2 aromatic rings. The van der Waals surface area contributed by atoms with Gasteiger partial charge in [-0.2, -0.15) is 0 Å². The summed E-state index contributed by atoms with van der Waals surface area (Å²) >= 11 is 0. The topological polar surface area (TPSA) is 86.1 Å². The predicted octanol–water partition coefficient (Wildman–Crippen LogP) is 1.88. The average molecular weight is 379 g/mol. The maximum absolute atomic E-state index is 12.7. The Labute approximate surface area is 152 Å². The highest BCUT2D eigenvalue weighted by atomic mass is 32.2. The smallest absolute Gasteiger partial charge is 0.261 e. The summed E-state index contributed by atoms with van der Waals surface area (Å²) in [6.07, 6.45) is 1.95. The van der Waals surface area contributed by atoms with Crippen molar-refractivity contribution in [3.63, 3.8) is 0 Å². The van der Waals surface area contributed by atoms with Crippen LogP contribution in [0, 0.1) is 0 Å². The van der Waals surface area contributed by atoms with Gasteiger partial charge in [0.1, 0.15) is 17.3 Å². The third kappa shape index (κ3) is 4.57. The van der Waals surface area contributed by atoms with E-state index >= 15 is 0 Å². The minimum absolute atomic E-state index is 0.0258. The molecule has 0 radical (unpaired) electrons. The number of sulfone groups is 1. The quantitative estimate of drug-likeness (QED) is 0.730. The number of hydrogen-bond donors (Lipinski definition) is 0. The van der Waals surface area contributed by atoms with Gasteiger partial charge in [-0.1, -0.05) is 0 Å². The summed E-state index contributed by atoms with van der Waals surface area (Å²) in [6.45, 7) is 0.0432. The molecule has 7 nitrogen and oxygen atoms in total. The number of benzene rings is 1. The molecule has 0 saturated carbocycles. The van der Waals surface area contributed by atoms with Crippen LogP contribution in [0.2, 0.25) is 0 Å². The van der Waals surface area contributed by atoms with Crippen LogP contribution in [0.25, 0.3) is 0 Å². The number of hydrogen-bond acceptors (Lipinski definition) is 6. The average Bonchev–Trinajstić information content (AvgIpc) is 3.27. The van der Waals surface area contributed by atoms with Gasteiger partial charge in [0.05, 0.1) is 31.4 Å². The van der Waals surface area contributed by atoms with Gasteiger partial charge >= 0.3 is 0 Å². The molecular formula is C18H21NO6S. The number of methoxy groups -OCH3 is 1. The number of ether oxygens (including phenoxy) is 2. The van der Waals surface area contributed by atoms with Crippen molar-refractivity contribution in [2.45, 2.75) is 19.0 Å². The molecule has 1 aromatic carbocycles. The Morgan fingerprint density at radius 1 is 1.23 bits per heavy atom. The number of carbonyl (C=O) groups is 1. The molecule has 0 aliphatic carbocycles. The Bertz CT molecular complexity index is 829. The fourth-order valence-corrected chi connectivity index (χ4v) is 4.64.